The van der Waals surface area contributed by atoms with Crippen molar-refractivity contribution in [1.82, 2.24) is 4.98 Å². The van der Waals surface area contributed by atoms with Crippen molar-refractivity contribution in [2.45, 2.75) is 0 Å². The number of rotatable bonds is 2. The van der Waals surface area contributed by atoms with E-state index in [0.717, 1.165) is 5.56 Å². The van der Waals surface area contributed by atoms with Crippen LogP contribution in [0.2, 0.25) is 5.02 Å². The fourth-order valence-electron chi connectivity index (χ4n) is 1.86. The molecule has 0 bridgehead atoms. The quantitative estimate of drug-likeness (QED) is 0.713. The summed E-state index contributed by atoms with van der Waals surface area (Å²) in [4.78, 5) is 16.1. The van der Waals surface area contributed by atoms with Gasteiger partial charge < -0.3 is 4.42 Å². The molecule has 0 aliphatic heterocycles. The van der Waals surface area contributed by atoms with Gasteiger partial charge in [0, 0.05) is 11.1 Å². The van der Waals surface area contributed by atoms with Crippen molar-refractivity contribution in [3.8, 4) is 0 Å². The van der Waals surface area contributed by atoms with Gasteiger partial charge in [-0.1, -0.05) is 41.9 Å². The highest BCUT2D eigenvalue weighted by atomic mass is 35.5. The smallest absolute Gasteiger partial charge is 0.347 e. The summed E-state index contributed by atoms with van der Waals surface area (Å²) < 4.78 is 5.16. The summed E-state index contributed by atoms with van der Waals surface area (Å²) in [6, 6.07) is 14.7. The highest BCUT2D eigenvalue weighted by Gasteiger charge is 2.04. The largest absolute Gasteiger partial charge is 0.404 e. The second-order valence-electron chi connectivity index (χ2n) is 4.25. The number of halogens is 1. The van der Waals surface area contributed by atoms with Crippen LogP contribution in [-0.4, -0.2) is 4.98 Å². The van der Waals surface area contributed by atoms with Gasteiger partial charge in [0.2, 0.25) is 5.89 Å². The van der Waals surface area contributed by atoms with Crippen molar-refractivity contribution in [3.05, 3.63) is 75.4 Å². The zero-order chi connectivity index (χ0) is 13.9. The molecular formula is C16H10ClNO2. The number of hydrogen-bond acceptors (Lipinski definition) is 3. The average Bonchev–Trinajstić information content (AvgIpc) is 2.47. The molecule has 0 spiro atoms. The summed E-state index contributed by atoms with van der Waals surface area (Å²) in [5.41, 5.74) is 1.14. The molecular weight excluding hydrogens is 274 g/mol. The van der Waals surface area contributed by atoms with Gasteiger partial charge in [0.25, 0.3) is 0 Å². The maximum Gasteiger partial charge on any atom is 0.347 e. The van der Waals surface area contributed by atoms with E-state index in [-0.39, 0.29) is 5.89 Å². The second kappa shape index (κ2) is 5.31. The molecule has 2 aromatic carbocycles. The maximum atomic E-state index is 11.9. The molecule has 98 valence electrons. The molecule has 0 N–H and O–H groups in total. The molecule has 3 rings (SSSR count). The summed E-state index contributed by atoms with van der Waals surface area (Å²) in [6.07, 6.45) is 3.51. The third kappa shape index (κ3) is 2.63. The van der Waals surface area contributed by atoms with Crippen molar-refractivity contribution in [1.29, 1.82) is 0 Å². The molecule has 1 aromatic heterocycles. The van der Waals surface area contributed by atoms with Crippen LogP contribution in [-0.2, 0) is 0 Å². The Bertz CT molecular complexity index is 838. The van der Waals surface area contributed by atoms with E-state index in [1.807, 2.05) is 36.4 Å². The molecule has 0 unspecified atom stereocenters. The third-order valence-electron chi connectivity index (χ3n) is 2.82. The molecule has 0 fully saturated rings. The first-order valence-corrected chi connectivity index (χ1v) is 6.44. The lowest BCUT2D eigenvalue weighted by atomic mass is 10.2. The molecule has 3 nitrogen and oxygen atoms in total. The predicted molar refractivity (Wildman–Crippen MR) is 80.7 cm³/mol. The van der Waals surface area contributed by atoms with Gasteiger partial charge in [0.15, 0.2) is 0 Å². The molecule has 0 aliphatic carbocycles. The summed E-state index contributed by atoms with van der Waals surface area (Å²) in [5, 5.41) is 0.869. The van der Waals surface area contributed by atoms with Crippen LogP contribution in [0.1, 0.15) is 11.5 Å². The second-order valence-corrected chi connectivity index (χ2v) is 4.68. The van der Waals surface area contributed by atoms with E-state index >= 15 is 0 Å². The first-order chi connectivity index (χ1) is 9.72. The number of nitrogens with zero attached hydrogens (tertiary/aromatic N) is 1. The van der Waals surface area contributed by atoms with Crippen molar-refractivity contribution < 1.29 is 4.42 Å². The molecule has 0 atom stereocenters. The molecule has 20 heavy (non-hydrogen) atoms. The topological polar surface area (TPSA) is 43.1 Å². The number of fused-ring (bicyclic) bond motifs is 1. The molecule has 1 heterocycles. The van der Waals surface area contributed by atoms with Gasteiger partial charge in [-0.05, 0) is 29.8 Å². The molecule has 0 radical (unpaired) electrons. The van der Waals surface area contributed by atoms with E-state index in [0.29, 0.717) is 15.9 Å². The van der Waals surface area contributed by atoms with E-state index in [4.69, 9.17) is 16.0 Å². The molecule has 0 saturated carbocycles. The van der Waals surface area contributed by atoms with Crippen LogP contribution in [0.4, 0.5) is 0 Å². The molecule has 0 amide bonds. The Morgan fingerprint density at radius 1 is 1.05 bits per heavy atom. The lowest BCUT2D eigenvalue weighted by Crippen LogP contribution is -2.02. The fraction of sp³-hybridized carbons (Fsp3) is 0. The van der Waals surface area contributed by atoms with Crippen molar-refractivity contribution in [2.24, 2.45) is 0 Å². The lowest BCUT2D eigenvalue weighted by molar-refractivity contribution is 0.491. The Morgan fingerprint density at radius 3 is 2.65 bits per heavy atom. The Morgan fingerprint density at radius 2 is 1.85 bits per heavy atom. The maximum absolute atomic E-state index is 11.9. The van der Waals surface area contributed by atoms with Gasteiger partial charge in [-0.15, -0.1) is 0 Å². The van der Waals surface area contributed by atoms with Crippen molar-refractivity contribution in [3.63, 3.8) is 0 Å². The monoisotopic (exact) mass is 283 g/mol. The standard InChI is InChI=1S/C16H10ClNO2/c17-12-7-8-14-13(10-12)16(19)20-15(18-14)9-6-11-4-2-1-3-5-11/h1-10H/b9-6+. The molecule has 3 aromatic rings. The predicted octanol–water partition coefficient (Wildman–Crippen LogP) is 4.01. The summed E-state index contributed by atoms with van der Waals surface area (Å²) in [7, 11) is 0. The minimum absolute atomic E-state index is 0.272. The van der Waals surface area contributed by atoms with Gasteiger partial charge in [-0.3, -0.25) is 0 Å². The van der Waals surface area contributed by atoms with Crippen molar-refractivity contribution >= 4 is 34.7 Å². The highest BCUT2D eigenvalue weighted by Crippen LogP contribution is 2.16. The molecule has 4 heteroatoms. The summed E-state index contributed by atoms with van der Waals surface area (Å²) in [6.45, 7) is 0. The number of hydrogen-bond donors (Lipinski definition) is 0. The van der Waals surface area contributed by atoms with E-state index in [2.05, 4.69) is 4.98 Å². The van der Waals surface area contributed by atoms with E-state index in [1.165, 1.54) is 0 Å². The minimum atomic E-state index is -0.440. The SMILES string of the molecule is O=c1oc(/C=C/c2ccccc2)nc2ccc(Cl)cc12. The first kappa shape index (κ1) is 12.6. The van der Waals surface area contributed by atoms with Gasteiger partial charge in [-0.25, -0.2) is 9.78 Å². The molecule has 0 aliphatic rings. The van der Waals surface area contributed by atoms with Gasteiger partial charge in [0.05, 0.1) is 10.9 Å². The van der Waals surface area contributed by atoms with Crippen LogP contribution in [0.5, 0.6) is 0 Å². The highest BCUT2D eigenvalue weighted by molar-refractivity contribution is 6.31. The Hall–Kier alpha value is -2.39. The van der Waals surface area contributed by atoms with E-state index < -0.39 is 5.63 Å². The zero-order valence-electron chi connectivity index (χ0n) is 10.4. The van der Waals surface area contributed by atoms with Crippen LogP contribution in [0, 0.1) is 0 Å². The Kier molecular flexibility index (Phi) is 3.35. The first-order valence-electron chi connectivity index (χ1n) is 6.06. The summed E-state index contributed by atoms with van der Waals surface area (Å²) >= 11 is 5.85. The molecule has 0 saturated heterocycles. The fourth-order valence-corrected chi connectivity index (χ4v) is 2.04. The van der Waals surface area contributed by atoms with E-state index in [1.54, 1.807) is 24.3 Å². The van der Waals surface area contributed by atoms with Crippen LogP contribution >= 0.6 is 11.6 Å². The Balaban J connectivity index is 2.03. The third-order valence-corrected chi connectivity index (χ3v) is 3.06. The van der Waals surface area contributed by atoms with Crippen LogP contribution in [0.15, 0.2) is 57.7 Å². The van der Waals surface area contributed by atoms with Gasteiger partial charge in [-0.2, -0.15) is 0 Å². The van der Waals surface area contributed by atoms with Crippen molar-refractivity contribution in [2.75, 3.05) is 0 Å². The van der Waals surface area contributed by atoms with Crippen LogP contribution < -0.4 is 5.63 Å². The van der Waals surface area contributed by atoms with E-state index in [9.17, 15) is 4.79 Å². The van der Waals surface area contributed by atoms with Crippen LogP contribution in [0.3, 0.4) is 0 Å². The number of benzene rings is 2. The average molecular weight is 284 g/mol. The number of aromatic nitrogens is 1. The summed E-state index contributed by atoms with van der Waals surface area (Å²) in [5.74, 6) is 0.272. The minimum Gasteiger partial charge on any atom is -0.404 e. The normalized spacial score (nSPS) is 11.2. The Labute approximate surface area is 120 Å². The lowest BCUT2D eigenvalue weighted by Gasteiger charge is -1.98. The van der Waals surface area contributed by atoms with Gasteiger partial charge >= 0.3 is 5.63 Å². The van der Waals surface area contributed by atoms with Gasteiger partial charge in [0.1, 0.15) is 0 Å². The van der Waals surface area contributed by atoms with Crippen LogP contribution in [0.25, 0.3) is 23.1 Å². The zero-order valence-corrected chi connectivity index (χ0v) is 11.2.